The van der Waals surface area contributed by atoms with E-state index in [2.05, 4.69) is 15.5 Å². The van der Waals surface area contributed by atoms with E-state index in [9.17, 15) is 9.59 Å². The second-order valence-electron chi connectivity index (χ2n) is 6.11. The Morgan fingerprint density at radius 3 is 2.71 bits per heavy atom. The number of aryl methyl sites for hydroxylation is 1. The first-order valence-electron chi connectivity index (χ1n) is 8.74. The fourth-order valence-corrected chi connectivity index (χ4v) is 3.49. The predicted molar refractivity (Wildman–Crippen MR) is 108 cm³/mol. The van der Waals surface area contributed by atoms with Crippen LogP contribution in [0.4, 0.5) is 5.69 Å². The van der Waals surface area contributed by atoms with Crippen molar-refractivity contribution in [3.05, 3.63) is 76.2 Å². The number of aromatic nitrogens is 3. The zero-order valence-electron chi connectivity index (χ0n) is 15.3. The Bertz CT molecular complexity index is 1050. The van der Waals surface area contributed by atoms with Crippen molar-refractivity contribution in [3.63, 3.8) is 0 Å². The van der Waals surface area contributed by atoms with E-state index in [-0.39, 0.29) is 11.6 Å². The molecule has 1 atom stereocenters. The Morgan fingerprint density at radius 1 is 1.25 bits per heavy atom. The number of para-hydroxylation sites is 1. The van der Waals surface area contributed by atoms with Crippen molar-refractivity contribution in [2.45, 2.75) is 30.3 Å². The summed E-state index contributed by atoms with van der Waals surface area (Å²) in [6.07, 6.45) is 0.684. The van der Waals surface area contributed by atoms with Gasteiger partial charge in [0.1, 0.15) is 6.07 Å². The Kier molecular flexibility index (Phi) is 6.29. The van der Waals surface area contributed by atoms with Gasteiger partial charge in [-0.05, 0) is 31.0 Å². The molecule has 0 spiro atoms. The van der Waals surface area contributed by atoms with Crippen LogP contribution in [0.2, 0.25) is 0 Å². The molecule has 28 heavy (non-hydrogen) atoms. The number of H-pyrrole nitrogens is 1. The fraction of sp³-hybridized carbons (Fsp3) is 0.200. The number of hydrogen-bond donors (Lipinski definition) is 2. The van der Waals surface area contributed by atoms with E-state index in [0.717, 1.165) is 5.56 Å². The van der Waals surface area contributed by atoms with Crippen molar-refractivity contribution >= 4 is 23.4 Å². The maximum Gasteiger partial charge on any atom is 0.343 e. The van der Waals surface area contributed by atoms with Gasteiger partial charge in [-0.25, -0.2) is 9.89 Å². The number of nitriles is 1. The second-order valence-corrected chi connectivity index (χ2v) is 7.41. The van der Waals surface area contributed by atoms with Crippen LogP contribution in [0.5, 0.6) is 0 Å². The molecule has 3 rings (SSSR count). The summed E-state index contributed by atoms with van der Waals surface area (Å²) in [7, 11) is 0. The second kappa shape index (κ2) is 9.06. The van der Waals surface area contributed by atoms with E-state index < -0.39 is 5.25 Å². The highest BCUT2D eigenvalue weighted by atomic mass is 32.2. The average molecular weight is 393 g/mol. The summed E-state index contributed by atoms with van der Waals surface area (Å²) < 4.78 is 1.53. The molecule has 0 saturated carbocycles. The average Bonchev–Trinajstić information content (AvgIpc) is 3.06. The Labute approximate surface area is 166 Å². The first-order valence-corrected chi connectivity index (χ1v) is 9.62. The summed E-state index contributed by atoms with van der Waals surface area (Å²) in [5.74, 6) is -0.266. The monoisotopic (exact) mass is 393 g/mol. The lowest BCUT2D eigenvalue weighted by Gasteiger charge is -2.13. The molecule has 0 fully saturated rings. The number of aromatic amines is 1. The van der Waals surface area contributed by atoms with Gasteiger partial charge in [0.05, 0.1) is 16.5 Å². The molecular weight excluding hydrogens is 374 g/mol. The molecule has 8 heteroatoms. The Balaban J connectivity index is 1.67. The van der Waals surface area contributed by atoms with Crippen LogP contribution in [0.3, 0.4) is 0 Å². The molecule has 2 N–H and O–H groups in total. The van der Waals surface area contributed by atoms with E-state index in [4.69, 9.17) is 5.26 Å². The summed E-state index contributed by atoms with van der Waals surface area (Å²) in [5, 5.41) is 18.3. The molecule has 1 amide bonds. The van der Waals surface area contributed by atoms with Crippen LogP contribution in [0, 0.1) is 11.3 Å². The molecule has 142 valence electrons. The zero-order valence-corrected chi connectivity index (χ0v) is 16.1. The van der Waals surface area contributed by atoms with Crippen molar-refractivity contribution in [1.82, 2.24) is 14.8 Å². The lowest BCUT2D eigenvalue weighted by atomic mass is 10.1. The summed E-state index contributed by atoms with van der Waals surface area (Å²) >= 11 is 1.19. The number of nitrogens with one attached hydrogen (secondary N) is 2. The maximum atomic E-state index is 12.5. The Hall–Kier alpha value is -3.31. The van der Waals surface area contributed by atoms with E-state index in [1.165, 1.54) is 16.3 Å². The molecule has 0 bridgehead atoms. The van der Waals surface area contributed by atoms with Crippen LogP contribution in [0.15, 0.2) is 64.5 Å². The minimum Gasteiger partial charge on any atom is -0.324 e. The normalized spacial score (nSPS) is 11.6. The van der Waals surface area contributed by atoms with E-state index in [0.29, 0.717) is 29.4 Å². The molecule has 1 heterocycles. The van der Waals surface area contributed by atoms with Crippen molar-refractivity contribution in [2.75, 3.05) is 5.32 Å². The number of thioether (sulfide) groups is 1. The quantitative estimate of drug-likeness (QED) is 0.601. The number of rotatable bonds is 7. The summed E-state index contributed by atoms with van der Waals surface area (Å²) in [6, 6.07) is 18.7. The van der Waals surface area contributed by atoms with E-state index >= 15 is 0 Å². The van der Waals surface area contributed by atoms with Gasteiger partial charge in [-0.15, -0.1) is 5.10 Å². The third kappa shape index (κ3) is 4.69. The molecular formula is C20H19N5O2S. The van der Waals surface area contributed by atoms with Gasteiger partial charge in [-0.2, -0.15) is 5.26 Å². The smallest absolute Gasteiger partial charge is 0.324 e. The van der Waals surface area contributed by atoms with Crippen LogP contribution < -0.4 is 11.0 Å². The van der Waals surface area contributed by atoms with Crippen LogP contribution in [0.25, 0.3) is 0 Å². The van der Waals surface area contributed by atoms with Gasteiger partial charge in [0, 0.05) is 6.54 Å². The largest absolute Gasteiger partial charge is 0.343 e. The van der Waals surface area contributed by atoms with Crippen LogP contribution >= 0.6 is 11.8 Å². The lowest BCUT2D eigenvalue weighted by molar-refractivity contribution is -0.115. The number of anilines is 1. The SMILES string of the molecule is C[C@H](Sc1n[nH]c(=O)n1CCc1ccccc1)C(=O)Nc1ccccc1C#N. The molecule has 3 aromatic rings. The Morgan fingerprint density at radius 2 is 1.96 bits per heavy atom. The van der Waals surface area contributed by atoms with Crippen molar-refractivity contribution < 1.29 is 4.79 Å². The van der Waals surface area contributed by atoms with Crippen LogP contribution in [-0.2, 0) is 17.8 Å². The van der Waals surface area contributed by atoms with Gasteiger partial charge in [0.2, 0.25) is 5.91 Å². The summed E-state index contributed by atoms with van der Waals surface area (Å²) in [4.78, 5) is 24.6. The summed E-state index contributed by atoms with van der Waals surface area (Å²) in [5.41, 5.74) is 1.67. The first-order chi connectivity index (χ1) is 13.6. The molecule has 7 nitrogen and oxygen atoms in total. The number of hydrogen-bond acceptors (Lipinski definition) is 5. The highest BCUT2D eigenvalue weighted by Crippen LogP contribution is 2.22. The molecule has 0 aliphatic rings. The fourth-order valence-electron chi connectivity index (χ4n) is 2.61. The van der Waals surface area contributed by atoms with Gasteiger partial charge in [-0.1, -0.05) is 54.2 Å². The minimum atomic E-state index is -0.502. The third-order valence-electron chi connectivity index (χ3n) is 4.15. The summed E-state index contributed by atoms with van der Waals surface area (Å²) in [6.45, 7) is 2.20. The van der Waals surface area contributed by atoms with Crippen molar-refractivity contribution in [2.24, 2.45) is 0 Å². The first kappa shape index (κ1) is 19.5. The van der Waals surface area contributed by atoms with Crippen LogP contribution in [0.1, 0.15) is 18.1 Å². The topological polar surface area (TPSA) is 104 Å². The number of carbonyl (C=O) groups excluding carboxylic acids is 1. The number of nitrogens with zero attached hydrogens (tertiary/aromatic N) is 3. The zero-order chi connectivity index (χ0) is 19.9. The van der Waals surface area contributed by atoms with Crippen LogP contribution in [-0.4, -0.2) is 25.9 Å². The molecule has 0 saturated heterocycles. The molecule has 2 aromatic carbocycles. The van der Waals surface area contributed by atoms with E-state index in [1.54, 1.807) is 31.2 Å². The standard InChI is InChI=1S/C20H19N5O2S/c1-14(18(26)22-17-10-6-5-9-16(17)13-21)28-20-24-23-19(27)25(20)12-11-15-7-3-2-4-8-15/h2-10,14H,11-12H2,1H3,(H,22,26)(H,23,27)/t14-/m0/s1. The van der Waals surface area contributed by atoms with Gasteiger partial charge in [0.15, 0.2) is 5.16 Å². The minimum absolute atomic E-state index is 0.266. The molecule has 0 radical (unpaired) electrons. The van der Waals surface area contributed by atoms with E-state index in [1.807, 2.05) is 36.4 Å². The van der Waals surface area contributed by atoms with Gasteiger partial charge in [0.25, 0.3) is 0 Å². The number of amides is 1. The molecule has 1 aromatic heterocycles. The van der Waals surface area contributed by atoms with Crippen molar-refractivity contribution in [1.29, 1.82) is 5.26 Å². The highest BCUT2D eigenvalue weighted by Gasteiger charge is 2.20. The molecule has 0 aliphatic heterocycles. The van der Waals surface area contributed by atoms with Gasteiger partial charge in [-0.3, -0.25) is 9.36 Å². The predicted octanol–water partition coefficient (Wildman–Crippen LogP) is 2.81. The molecule has 0 aliphatic carbocycles. The molecule has 0 unspecified atom stereocenters. The van der Waals surface area contributed by atoms with Gasteiger partial charge >= 0.3 is 5.69 Å². The van der Waals surface area contributed by atoms with Crippen molar-refractivity contribution in [3.8, 4) is 6.07 Å². The number of carbonyl (C=O) groups is 1. The third-order valence-corrected chi connectivity index (χ3v) is 5.24. The highest BCUT2D eigenvalue weighted by molar-refractivity contribution is 8.00. The van der Waals surface area contributed by atoms with Gasteiger partial charge < -0.3 is 5.32 Å². The lowest BCUT2D eigenvalue weighted by Crippen LogP contribution is -2.24. The number of benzene rings is 2. The maximum absolute atomic E-state index is 12.5.